The number of hydrogen-bond donors (Lipinski definition) is 5. The Kier molecular flexibility index (Phi) is 4.81. The van der Waals surface area contributed by atoms with Crippen LogP contribution in [0.15, 0.2) is 30.3 Å². The first-order valence-corrected chi connectivity index (χ1v) is 11.4. The van der Waals surface area contributed by atoms with Crippen molar-refractivity contribution in [3.63, 3.8) is 0 Å². The molecule has 6 unspecified atom stereocenters. The van der Waals surface area contributed by atoms with Gasteiger partial charge in [0.2, 0.25) is 0 Å². The largest absolute Gasteiger partial charge is 0.461 e. The van der Waals surface area contributed by atoms with Crippen LogP contribution in [0, 0.1) is 11.3 Å². The molecule has 3 saturated carbocycles. The lowest BCUT2D eigenvalue weighted by Crippen LogP contribution is -2.80. The topological polar surface area (TPSA) is 164 Å². The van der Waals surface area contributed by atoms with Crippen molar-refractivity contribution in [1.29, 1.82) is 0 Å². The third-order valence-corrected chi connectivity index (χ3v) is 8.57. The average molecular weight is 480 g/mol. The maximum Gasteiger partial charge on any atom is 0.338 e. The van der Waals surface area contributed by atoms with Gasteiger partial charge in [0.25, 0.3) is 0 Å². The summed E-state index contributed by atoms with van der Waals surface area (Å²) in [5.41, 5.74) is -2.99. The van der Waals surface area contributed by atoms with E-state index in [9.17, 15) is 30.3 Å². The minimum atomic E-state index is -1.61. The first-order chi connectivity index (χ1) is 16.1. The zero-order chi connectivity index (χ0) is 24.1. The van der Waals surface area contributed by atoms with Crippen LogP contribution >= 0.6 is 0 Å². The predicted octanol–water partition coefficient (Wildman–Crippen LogP) is -1.36. The summed E-state index contributed by atoms with van der Waals surface area (Å²) in [6, 6.07) is 8.47. The number of ether oxygens (including phenoxy) is 5. The summed E-state index contributed by atoms with van der Waals surface area (Å²) in [6.45, 7) is 0.985. The summed E-state index contributed by atoms with van der Waals surface area (Å²) >= 11 is 0. The Hall–Kier alpha value is -1.67. The number of rotatable bonds is 6. The molecule has 1 aromatic rings. The third-order valence-electron chi connectivity index (χ3n) is 8.57. The molecule has 1 aromatic carbocycles. The van der Waals surface area contributed by atoms with Crippen LogP contribution in [0.5, 0.6) is 0 Å². The summed E-state index contributed by atoms with van der Waals surface area (Å²) in [5.74, 6) is -2.49. The van der Waals surface area contributed by atoms with Crippen LogP contribution in [-0.2, 0) is 23.7 Å². The molecule has 4 aliphatic heterocycles. The van der Waals surface area contributed by atoms with E-state index < -0.39 is 77.9 Å². The van der Waals surface area contributed by atoms with Crippen LogP contribution in [0.1, 0.15) is 30.1 Å². The van der Waals surface area contributed by atoms with Crippen molar-refractivity contribution in [3.8, 4) is 0 Å². The molecule has 4 saturated heterocycles. The normalized spacial score (nSPS) is 52.5. The minimum absolute atomic E-state index is 0.0902. The molecular weight excluding hydrogens is 452 g/mol. The Morgan fingerprint density at radius 3 is 2.56 bits per heavy atom. The predicted molar refractivity (Wildman–Crippen MR) is 109 cm³/mol. The van der Waals surface area contributed by atoms with E-state index >= 15 is 0 Å². The summed E-state index contributed by atoms with van der Waals surface area (Å²) < 4.78 is 29.7. The van der Waals surface area contributed by atoms with Gasteiger partial charge in [0.05, 0.1) is 17.6 Å². The molecule has 5 N–H and O–H groups in total. The number of carbonyl (C=O) groups is 1. The molecule has 6 bridgehead atoms. The van der Waals surface area contributed by atoms with Crippen molar-refractivity contribution in [2.75, 3.05) is 13.2 Å². The zero-order valence-electron chi connectivity index (χ0n) is 18.4. The molecule has 4 heterocycles. The number of carbonyl (C=O) groups excluding carboxylic acids is 1. The van der Waals surface area contributed by atoms with Crippen molar-refractivity contribution in [2.24, 2.45) is 11.3 Å². The van der Waals surface area contributed by atoms with Crippen molar-refractivity contribution in [1.82, 2.24) is 0 Å². The molecule has 7 aliphatic rings. The maximum atomic E-state index is 12.7. The van der Waals surface area contributed by atoms with E-state index in [4.69, 9.17) is 23.7 Å². The van der Waals surface area contributed by atoms with Crippen molar-refractivity contribution in [2.45, 2.75) is 73.8 Å². The van der Waals surface area contributed by atoms with Gasteiger partial charge in [0.15, 0.2) is 18.4 Å². The highest BCUT2D eigenvalue weighted by molar-refractivity contribution is 5.89. The second kappa shape index (κ2) is 7.19. The highest BCUT2D eigenvalue weighted by Crippen LogP contribution is 2.81. The van der Waals surface area contributed by atoms with E-state index in [1.807, 2.05) is 0 Å². The standard InChI is InChI=1S/C23H28O11/c1-20-9-22(29)13-7-23(20,32-18-16(27)15(26)14(25)12(8-24)31-18)21(13,19(33-20)34-22)10-30-17(28)11-5-3-2-4-6-11/h2-6,12-16,18-19,24-27,29H,7-10H2,1H3/t12?,13-,14-,15?,16+,18-,19?,20?,21-,22?,23?/m0/s1. The summed E-state index contributed by atoms with van der Waals surface area (Å²) in [7, 11) is 0. The van der Waals surface area contributed by atoms with E-state index in [0.29, 0.717) is 5.56 Å². The fraction of sp³-hybridized carbons (Fsp3) is 0.696. The fourth-order valence-electron chi connectivity index (χ4n) is 6.87. The minimum Gasteiger partial charge on any atom is -0.461 e. The van der Waals surface area contributed by atoms with Crippen LogP contribution in [0.2, 0.25) is 0 Å². The molecule has 0 amide bonds. The fourth-order valence-corrected chi connectivity index (χ4v) is 6.87. The first-order valence-electron chi connectivity index (χ1n) is 11.4. The number of benzene rings is 1. The maximum absolute atomic E-state index is 12.7. The summed E-state index contributed by atoms with van der Waals surface area (Å²) in [5, 5.41) is 51.7. The number of esters is 1. The second-order valence-electron chi connectivity index (χ2n) is 10.2. The van der Waals surface area contributed by atoms with Crippen LogP contribution < -0.4 is 0 Å². The van der Waals surface area contributed by atoms with E-state index in [1.54, 1.807) is 37.3 Å². The molecule has 0 aromatic heterocycles. The van der Waals surface area contributed by atoms with Gasteiger partial charge in [-0.05, 0) is 25.5 Å². The third kappa shape index (κ3) is 2.59. The Bertz CT molecular complexity index is 988. The van der Waals surface area contributed by atoms with Gasteiger partial charge in [-0.3, -0.25) is 0 Å². The van der Waals surface area contributed by atoms with Gasteiger partial charge in [-0.25, -0.2) is 4.79 Å². The average Bonchev–Trinajstić information content (AvgIpc) is 3.00. The van der Waals surface area contributed by atoms with Crippen molar-refractivity contribution >= 4 is 5.97 Å². The van der Waals surface area contributed by atoms with Crippen molar-refractivity contribution < 1.29 is 54.0 Å². The van der Waals surface area contributed by atoms with Gasteiger partial charge >= 0.3 is 5.97 Å². The van der Waals surface area contributed by atoms with Crippen LogP contribution in [0.25, 0.3) is 0 Å². The lowest BCUT2D eigenvalue weighted by atomic mass is 9.41. The van der Waals surface area contributed by atoms with Gasteiger partial charge in [0.1, 0.15) is 42.2 Å². The van der Waals surface area contributed by atoms with Gasteiger partial charge in [0, 0.05) is 12.3 Å². The van der Waals surface area contributed by atoms with Gasteiger partial charge in [-0.15, -0.1) is 0 Å². The van der Waals surface area contributed by atoms with E-state index in [1.165, 1.54) is 0 Å². The number of aliphatic hydroxyl groups excluding tert-OH is 4. The molecule has 11 nitrogen and oxygen atoms in total. The van der Waals surface area contributed by atoms with Gasteiger partial charge in [-0.1, -0.05) is 18.2 Å². The van der Waals surface area contributed by atoms with Crippen molar-refractivity contribution in [3.05, 3.63) is 35.9 Å². The second-order valence-corrected chi connectivity index (χ2v) is 10.2. The Morgan fingerprint density at radius 1 is 1.12 bits per heavy atom. The number of aliphatic hydroxyl groups is 5. The smallest absolute Gasteiger partial charge is 0.338 e. The zero-order valence-corrected chi connectivity index (χ0v) is 18.4. The molecule has 3 aliphatic carbocycles. The highest BCUT2D eigenvalue weighted by Gasteiger charge is 2.94. The Balaban J connectivity index is 1.32. The number of hydrogen-bond acceptors (Lipinski definition) is 11. The first kappa shape index (κ1) is 22.8. The highest BCUT2D eigenvalue weighted by atomic mass is 16.8. The molecule has 0 radical (unpaired) electrons. The molecule has 11 atom stereocenters. The van der Waals surface area contributed by atoms with Crippen LogP contribution in [0.4, 0.5) is 0 Å². The van der Waals surface area contributed by atoms with E-state index in [0.717, 1.165) is 0 Å². The molecule has 7 fully saturated rings. The summed E-state index contributed by atoms with van der Waals surface area (Å²) in [4.78, 5) is 12.7. The molecular formula is C23H28O11. The lowest BCUT2D eigenvalue weighted by molar-refractivity contribution is -0.424. The quantitative estimate of drug-likeness (QED) is 0.306. The van der Waals surface area contributed by atoms with Gasteiger partial charge < -0.3 is 49.2 Å². The monoisotopic (exact) mass is 480 g/mol. The molecule has 8 rings (SSSR count). The molecule has 0 spiro atoms. The van der Waals surface area contributed by atoms with Crippen LogP contribution in [-0.4, -0.2) is 98.7 Å². The van der Waals surface area contributed by atoms with Crippen LogP contribution in [0.3, 0.4) is 0 Å². The Morgan fingerprint density at radius 2 is 1.85 bits per heavy atom. The molecule has 186 valence electrons. The Labute approximate surface area is 194 Å². The SMILES string of the molecule is CC12CC3(O)OC(O1)[C@]1(COC(=O)c4ccccc4)[C@@H]3CC21O[C@@H]1OC(CO)[C@H](O)C(O)[C@H]1O. The lowest BCUT2D eigenvalue weighted by Gasteiger charge is -2.67. The van der Waals surface area contributed by atoms with Gasteiger partial charge in [-0.2, -0.15) is 0 Å². The summed E-state index contributed by atoms with van der Waals surface area (Å²) in [6.07, 6.45) is -7.87. The molecule has 34 heavy (non-hydrogen) atoms. The van der Waals surface area contributed by atoms with E-state index in [-0.39, 0.29) is 19.4 Å². The van der Waals surface area contributed by atoms with E-state index in [2.05, 4.69) is 0 Å². The molecule has 11 heteroatoms.